The molecule has 0 radical (unpaired) electrons. The van der Waals surface area contributed by atoms with E-state index < -0.39 is 0 Å². The van der Waals surface area contributed by atoms with Crippen LogP contribution < -0.4 is 5.32 Å². The summed E-state index contributed by atoms with van der Waals surface area (Å²) in [4.78, 5) is 9.28. The first-order chi connectivity index (χ1) is 7.92. The van der Waals surface area contributed by atoms with Gasteiger partial charge in [0.05, 0.1) is 5.69 Å². The molecule has 2 rings (SSSR count). The summed E-state index contributed by atoms with van der Waals surface area (Å²) in [5.41, 5.74) is 1.90. The van der Waals surface area contributed by atoms with E-state index in [9.17, 15) is 0 Å². The van der Waals surface area contributed by atoms with Gasteiger partial charge in [0.25, 0.3) is 0 Å². The molecule has 0 aliphatic carbocycles. The molecular weight excluding hydrogens is 202 g/mol. The van der Waals surface area contributed by atoms with Gasteiger partial charge in [-0.3, -0.25) is 4.98 Å². The molecule has 1 aromatic rings. The summed E-state index contributed by atoms with van der Waals surface area (Å²) < 4.78 is 0. The molecule has 4 nitrogen and oxygen atoms in total. The number of aromatic nitrogens is 1. The number of nitrogens with zero attached hydrogens (tertiary/aromatic N) is 2. The number of pyridine rings is 1. The minimum Gasteiger partial charge on any atom is -0.399 e. The summed E-state index contributed by atoms with van der Waals surface area (Å²) in [5.74, 6) is 0.455. The van der Waals surface area contributed by atoms with Crippen molar-refractivity contribution in [2.45, 2.75) is 12.8 Å². The fourth-order valence-electron chi connectivity index (χ4n) is 2.04. The standard InChI is InChI=1S/C12H17N3O/c1-16-15-12(10-5-8-13-9-6-10)11-4-2-3-7-14-11/h2-4,7,10,13H,5-6,8-9H2,1H3. The Hall–Kier alpha value is -1.42. The summed E-state index contributed by atoms with van der Waals surface area (Å²) in [5, 5.41) is 7.49. The molecule has 1 N–H and O–H groups in total. The Morgan fingerprint density at radius 2 is 2.25 bits per heavy atom. The van der Waals surface area contributed by atoms with Crippen LogP contribution in [0.3, 0.4) is 0 Å². The van der Waals surface area contributed by atoms with Gasteiger partial charge in [-0.05, 0) is 38.1 Å². The van der Waals surface area contributed by atoms with Gasteiger partial charge in [0.1, 0.15) is 12.8 Å². The van der Waals surface area contributed by atoms with Gasteiger partial charge in [-0.25, -0.2) is 0 Å². The van der Waals surface area contributed by atoms with Crippen LogP contribution in [0.15, 0.2) is 29.6 Å². The normalized spacial score (nSPS) is 18.4. The number of oxime groups is 1. The third kappa shape index (κ3) is 2.58. The zero-order valence-electron chi connectivity index (χ0n) is 9.52. The summed E-state index contributed by atoms with van der Waals surface area (Å²) >= 11 is 0. The SMILES string of the molecule is CON=C(c1ccccn1)C1CCNCC1. The van der Waals surface area contributed by atoms with Gasteiger partial charge in [0, 0.05) is 12.1 Å². The number of hydrogen-bond donors (Lipinski definition) is 1. The Morgan fingerprint density at radius 1 is 1.44 bits per heavy atom. The van der Waals surface area contributed by atoms with Gasteiger partial charge < -0.3 is 10.2 Å². The van der Waals surface area contributed by atoms with Crippen LogP contribution in [-0.4, -0.2) is 30.9 Å². The lowest BCUT2D eigenvalue weighted by molar-refractivity contribution is 0.210. The van der Waals surface area contributed by atoms with E-state index in [0.29, 0.717) is 5.92 Å². The molecule has 16 heavy (non-hydrogen) atoms. The monoisotopic (exact) mass is 219 g/mol. The van der Waals surface area contributed by atoms with Crippen molar-refractivity contribution in [1.82, 2.24) is 10.3 Å². The molecule has 0 bridgehead atoms. The van der Waals surface area contributed by atoms with E-state index in [0.717, 1.165) is 37.3 Å². The van der Waals surface area contributed by atoms with E-state index >= 15 is 0 Å². The molecule has 1 aromatic heterocycles. The summed E-state index contributed by atoms with van der Waals surface area (Å²) in [6, 6.07) is 5.88. The Labute approximate surface area is 95.7 Å². The van der Waals surface area contributed by atoms with Crippen molar-refractivity contribution in [3.05, 3.63) is 30.1 Å². The highest BCUT2D eigenvalue weighted by Gasteiger charge is 2.21. The molecule has 0 aromatic carbocycles. The predicted octanol–water partition coefficient (Wildman–Crippen LogP) is 1.43. The lowest BCUT2D eigenvalue weighted by Gasteiger charge is -2.23. The molecule has 0 unspecified atom stereocenters. The van der Waals surface area contributed by atoms with Crippen LogP contribution in [0.5, 0.6) is 0 Å². The first-order valence-corrected chi connectivity index (χ1v) is 5.65. The molecule has 0 spiro atoms. The molecule has 0 saturated carbocycles. The number of nitrogens with one attached hydrogen (secondary N) is 1. The molecule has 4 heteroatoms. The lowest BCUT2D eigenvalue weighted by Crippen LogP contribution is -2.32. The van der Waals surface area contributed by atoms with Crippen molar-refractivity contribution in [1.29, 1.82) is 0 Å². The van der Waals surface area contributed by atoms with Crippen molar-refractivity contribution >= 4 is 5.71 Å². The maximum Gasteiger partial charge on any atom is 0.108 e. The molecule has 1 aliphatic heterocycles. The molecule has 0 atom stereocenters. The second-order valence-corrected chi connectivity index (χ2v) is 3.90. The van der Waals surface area contributed by atoms with Crippen LogP contribution in [0.1, 0.15) is 18.5 Å². The van der Waals surface area contributed by atoms with Gasteiger partial charge >= 0.3 is 0 Å². The first-order valence-electron chi connectivity index (χ1n) is 5.65. The van der Waals surface area contributed by atoms with Gasteiger partial charge in [0.2, 0.25) is 0 Å². The summed E-state index contributed by atoms with van der Waals surface area (Å²) in [7, 11) is 1.59. The minimum absolute atomic E-state index is 0.455. The van der Waals surface area contributed by atoms with Crippen molar-refractivity contribution in [2.24, 2.45) is 11.1 Å². The van der Waals surface area contributed by atoms with E-state index in [1.54, 1.807) is 13.3 Å². The third-order valence-electron chi connectivity index (χ3n) is 2.84. The van der Waals surface area contributed by atoms with Gasteiger partial charge in [-0.15, -0.1) is 0 Å². The van der Waals surface area contributed by atoms with Crippen molar-refractivity contribution in [3.8, 4) is 0 Å². The van der Waals surface area contributed by atoms with Gasteiger partial charge in [0.15, 0.2) is 0 Å². The molecule has 86 valence electrons. The quantitative estimate of drug-likeness (QED) is 0.618. The second-order valence-electron chi connectivity index (χ2n) is 3.90. The van der Waals surface area contributed by atoms with Crippen molar-refractivity contribution in [3.63, 3.8) is 0 Å². The van der Waals surface area contributed by atoms with Crippen LogP contribution >= 0.6 is 0 Å². The Balaban J connectivity index is 2.20. The number of hydrogen-bond acceptors (Lipinski definition) is 4. The van der Waals surface area contributed by atoms with E-state index in [2.05, 4.69) is 15.5 Å². The first kappa shape index (κ1) is 11.1. The highest BCUT2D eigenvalue weighted by Crippen LogP contribution is 2.18. The van der Waals surface area contributed by atoms with Crippen molar-refractivity contribution < 1.29 is 4.84 Å². The lowest BCUT2D eigenvalue weighted by atomic mass is 9.91. The van der Waals surface area contributed by atoms with Gasteiger partial charge in [-0.2, -0.15) is 0 Å². The second kappa shape index (κ2) is 5.61. The average Bonchev–Trinajstić information content (AvgIpc) is 2.38. The molecule has 2 heterocycles. The van der Waals surface area contributed by atoms with E-state index in [-0.39, 0.29) is 0 Å². The van der Waals surface area contributed by atoms with E-state index in [4.69, 9.17) is 4.84 Å². The largest absolute Gasteiger partial charge is 0.399 e. The predicted molar refractivity (Wildman–Crippen MR) is 63.4 cm³/mol. The third-order valence-corrected chi connectivity index (χ3v) is 2.84. The Morgan fingerprint density at radius 3 is 2.88 bits per heavy atom. The minimum atomic E-state index is 0.455. The highest BCUT2D eigenvalue weighted by atomic mass is 16.6. The number of piperidine rings is 1. The maximum absolute atomic E-state index is 4.94. The highest BCUT2D eigenvalue weighted by molar-refractivity contribution is 6.00. The number of rotatable bonds is 3. The molecule has 1 saturated heterocycles. The van der Waals surface area contributed by atoms with Crippen LogP contribution in [0, 0.1) is 5.92 Å². The Kier molecular flexibility index (Phi) is 3.88. The molecule has 0 amide bonds. The summed E-state index contributed by atoms with van der Waals surface area (Å²) in [6.45, 7) is 2.08. The van der Waals surface area contributed by atoms with Gasteiger partial charge in [-0.1, -0.05) is 11.2 Å². The van der Waals surface area contributed by atoms with Crippen LogP contribution in [0.25, 0.3) is 0 Å². The maximum atomic E-state index is 4.94. The molecule has 1 aliphatic rings. The molecular formula is C12H17N3O. The summed E-state index contributed by atoms with van der Waals surface area (Å²) in [6.07, 6.45) is 3.99. The van der Waals surface area contributed by atoms with Crippen molar-refractivity contribution in [2.75, 3.05) is 20.2 Å². The zero-order valence-corrected chi connectivity index (χ0v) is 9.52. The fourth-order valence-corrected chi connectivity index (χ4v) is 2.04. The topological polar surface area (TPSA) is 46.5 Å². The Bertz CT molecular complexity index is 345. The zero-order chi connectivity index (χ0) is 11.2. The molecule has 1 fully saturated rings. The fraction of sp³-hybridized carbons (Fsp3) is 0.500. The van der Waals surface area contributed by atoms with Crippen LogP contribution in [0.4, 0.5) is 0 Å². The van der Waals surface area contributed by atoms with Crippen LogP contribution in [-0.2, 0) is 4.84 Å². The smallest absolute Gasteiger partial charge is 0.108 e. The average molecular weight is 219 g/mol. The van der Waals surface area contributed by atoms with Crippen LogP contribution in [0.2, 0.25) is 0 Å². The van der Waals surface area contributed by atoms with E-state index in [1.807, 2.05) is 18.2 Å². The van der Waals surface area contributed by atoms with E-state index in [1.165, 1.54) is 0 Å².